The van der Waals surface area contributed by atoms with Crippen molar-refractivity contribution >= 4 is 45.5 Å². The van der Waals surface area contributed by atoms with Gasteiger partial charge in [0.1, 0.15) is 5.75 Å². The molecular formula is C28H30ClN3O3S. The van der Waals surface area contributed by atoms with Gasteiger partial charge in [0.15, 0.2) is 16.6 Å². The Morgan fingerprint density at radius 3 is 2.72 bits per heavy atom. The number of aromatic amines is 1. The Hall–Kier alpha value is -3.42. The van der Waals surface area contributed by atoms with Gasteiger partial charge in [0, 0.05) is 30.2 Å². The lowest BCUT2D eigenvalue weighted by Crippen LogP contribution is -2.36. The van der Waals surface area contributed by atoms with E-state index in [1.54, 1.807) is 13.2 Å². The number of ether oxygens (including phenoxy) is 2. The number of aryl methyl sites for hydroxylation is 1. The molecule has 0 amide bonds. The Morgan fingerprint density at radius 2 is 1.97 bits per heavy atom. The van der Waals surface area contributed by atoms with E-state index < -0.39 is 0 Å². The molecule has 1 aromatic heterocycles. The van der Waals surface area contributed by atoms with Gasteiger partial charge in [-0.15, -0.1) is 0 Å². The Bertz CT molecular complexity index is 1370. The number of phenolic OH excluding ortho intramolecular Hbond substituents is 1. The second kappa shape index (κ2) is 11.5. The minimum Gasteiger partial charge on any atom is -0.504 e. The van der Waals surface area contributed by atoms with Crippen molar-refractivity contribution in [1.29, 1.82) is 0 Å². The molecule has 0 saturated carbocycles. The van der Waals surface area contributed by atoms with E-state index in [4.69, 9.17) is 33.3 Å². The number of H-pyrrole nitrogens is 1. The lowest BCUT2D eigenvalue weighted by Gasteiger charge is -2.27. The molecule has 36 heavy (non-hydrogen) atoms. The van der Waals surface area contributed by atoms with E-state index in [0.29, 0.717) is 35.6 Å². The van der Waals surface area contributed by atoms with Crippen molar-refractivity contribution in [2.45, 2.75) is 26.8 Å². The number of nitrogens with zero attached hydrogens (tertiary/aromatic N) is 1. The number of rotatable bonds is 9. The summed E-state index contributed by atoms with van der Waals surface area (Å²) >= 11 is 12.3. The van der Waals surface area contributed by atoms with Crippen LogP contribution in [0.2, 0.25) is 5.02 Å². The van der Waals surface area contributed by atoms with Gasteiger partial charge in [-0.2, -0.15) is 0 Å². The average Bonchev–Trinajstić information content (AvgIpc) is 3.27. The molecule has 0 aliphatic rings. The fourth-order valence-corrected chi connectivity index (χ4v) is 4.61. The molecule has 3 aromatic carbocycles. The number of methoxy groups -OCH3 is 1. The lowest BCUT2D eigenvalue weighted by molar-refractivity contribution is 0.317. The van der Waals surface area contributed by atoms with Crippen molar-refractivity contribution in [2.24, 2.45) is 0 Å². The van der Waals surface area contributed by atoms with Gasteiger partial charge in [0.25, 0.3) is 0 Å². The van der Waals surface area contributed by atoms with E-state index in [0.717, 1.165) is 39.9 Å². The van der Waals surface area contributed by atoms with Crippen molar-refractivity contribution in [3.05, 3.63) is 82.5 Å². The first-order valence-corrected chi connectivity index (χ1v) is 12.6. The monoisotopic (exact) mass is 523 g/mol. The van der Waals surface area contributed by atoms with Crippen LogP contribution in [0.15, 0.2) is 60.8 Å². The van der Waals surface area contributed by atoms with Crippen LogP contribution in [0.5, 0.6) is 17.2 Å². The molecule has 0 unspecified atom stereocenters. The summed E-state index contributed by atoms with van der Waals surface area (Å²) in [4.78, 5) is 5.43. The van der Waals surface area contributed by atoms with E-state index in [9.17, 15) is 5.11 Å². The fourth-order valence-electron chi connectivity index (χ4n) is 4.06. The molecule has 6 nitrogen and oxygen atoms in total. The number of aromatic hydroxyl groups is 1. The summed E-state index contributed by atoms with van der Waals surface area (Å²) < 4.78 is 11.0. The number of aromatic nitrogens is 1. The Morgan fingerprint density at radius 1 is 1.14 bits per heavy atom. The number of hydrogen-bond acceptors (Lipinski definition) is 4. The van der Waals surface area contributed by atoms with Gasteiger partial charge in [0.05, 0.1) is 24.4 Å². The molecule has 0 aliphatic heterocycles. The van der Waals surface area contributed by atoms with Crippen LogP contribution in [0, 0.1) is 6.92 Å². The van der Waals surface area contributed by atoms with E-state index >= 15 is 0 Å². The number of benzene rings is 3. The maximum Gasteiger partial charge on any atom is 0.173 e. The number of nitrogens with one attached hydrogen (secondary N) is 2. The molecule has 188 valence electrons. The highest BCUT2D eigenvalue weighted by Gasteiger charge is 2.15. The maximum absolute atomic E-state index is 10.1. The molecule has 4 rings (SSSR count). The molecule has 8 heteroatoms. The van der Waals surface area contributed by atoms with E-state index in [1.807, 2.05) is 68.6 Å². The standard InChI is InChI=1S/C28H30ClN3O3S/c1-4-35-27-14-19(6-10-26(27)33)17-32(28(36)31-25-8-5-18(2)13-23(25)29)12-11-20-16-30-24-9-7-21(34-3)15-22(20)24/h5-10,13-16,30,33H,4,11-12,17H2,1-3H3,(H,31,36). The largest absolute Gasteiger partial charge is 0.504 e. The molecule has 0 bridgehead atoms. The minimum atomic E-state index is 0.118. The average molecular weight is 524 g/mol. The third-order valence-electron chi connectivity index (χ3n) is 5.98. The molecule has 3 N–H and O–H groups in total. The number of phenols is 1. The van der Waals surface area contributed by atoms with Crippen molar-refractivity contribution in [2.75, 3.05) is 25.6 Å². The second-order valence-corrected chi connectivity index (χ2v) is 9.34. The van der Waals surface area contributed by atoms with Gasteiger partial charge < -0.3 is 29.8 Å². The SMILES string of the molecule is CCOc1cc(CN(CCc2c[nH]c3ccc(OC)cc23)C(=S)Nc2ccc(C)cc2Cl)ccc1O. The van der Waals surface area contributed by atoms with Gasteiger partial charge >= 0.3 is 0 Å². The summed E-state index contributed by atoms with van der Waals surface area (Å²) in [6, 6.07) is 17.2. The highest BCUT2D eigenvalue weighted by Crippen LogP contribution is 2.29. The number of thiocarbonyl (C=S) groups is 1. The van der Waals surface area contributed by atoms with Gasteiger partial charge in [-0.3, -0.25) is 0 Å². The van der Waals surface area contributed by atoms with Crippen LogP contribution >= 0.6 is 23.8 Å². The zero-order valence-corrected chi connectivity index (χ0v) is 22.2. The third-order valence-corrected chi connectivity index (χ3v) is 6.65. The third kappa shape index (κ3) is 6.04. The molecule has 0 atom stereocenters. The van der Waals surface area contributed by atoms with Crippen LogP contribution in [-0.2, 0) is 13.0 Å². The van der Waals surface area contributed by atoms with Crippen LogP contribution in [-0.4, -0.2) is 40.4 Å². The van der Waals surface area contributed by atoms with Gasteiger partial charge in [-0.05, 0) is 91.6 Å². The Labute approximate surface area is 221 Å². The summed E-state index contributed by atoms with van der Waals surface area (Å²) in [5.74, 6) is 1.39. The molecule has 0 saturated heterocycles. The van der Waals surface area contributed by atoms with Crippen LogP contribution < -0.4 is 14.8 Å². The Balaban J connectivity index is 1.58. The van der Waals surface area contributed by atoms with Crippen LogP contribution in [0.4, 0.5) is 5.69 Å². The van der Waals surface area contributed by atoms with Crippen LogP contribution in [0.3, 0.4) is 0 Å². The van der Waals surface area contributed by atoms with Gasteiger partial charge in [-0.1, -0.05) is 23.7 Å². The van der Waals surface area contributed by atoms with Crippen molar-refractivity contribution in [3.63, 3.8) is 0 Å². The quantitative estimate of drug-likeness (QED) is 0.212. The molecule has 0 radical (unpaired) electrons. The summed E-state index contributed by atoms with van der Waals surface area (Å²) in [6.07, 6.45) is 2.79. The normalized spacial score (nSPS) is 10.9. The number of halogens is 1. The number of fused-ring (bicyclic) bond motifs is 1. The molecule has 1 heterocycles. The zero-order valence-electron chi connectivity index (χ0n) is 20.6. The van der Waals surface area contributed by atoms with E-state index in [2.05, 4.69) is 15.2 Å². The number of anilines is 1. The highest BCUT2D eigenvalue weighted by molar-refractivity contribution is 7.80. The van der Waals surface area contributed by atoms with Crippen molar-refractivity contribution in [3.8, 4) is 17.2 Å². The fraction of sp³-hybridized carbons (Fsp3) is 0.250. The summed E-state index contributed by atoms with van der Waals surface area (Å²) in [5.41, 5.74) is 5.04. The highest BCUT2D eigenvalue weighted by atomic mass is 35.5. The predicted molar refractivity (Wildman–Crippen MR) is 151 cm³/mol. The maximum atomic E-state index is 10.1. The molecule has 4 aromatic rings. The van der Waals surface area contributed by atoms with Crippen LogP contribution in [0.25, 0.3) is 10.9 Å². The van der Waals surface area contributed by atoms with Gasteiger partial charge in [-0.25, -0.2) is 0 Å². The first-order chi connectivity index (χ1) is 17.4. The van der Waals surface area contributed by atoms with Gasteiger partial charge in [0.2, 0.25) is 0 Å². The van der Waals surface area contributed by atoms with E-state index in [-0.39, 0.29) is 5.75 Å². The smallest absolute Gasteiger partial charge is 0.173 e. The topological polar surface area (TPSA) is 69.8 Å². The predicted octanol–water partition coefficient (Wildman–Crippen LogP) is 6.68. The number of hydrogen-bond donors (Lipinski definition) is 3. The van der Waals surface area contributed by atoms with Crippen molar-refractivity contribution in [1.82, 2.24) is 9.88 Å². The first kappa shape index (κ1) is 25.7. The molecule has 0 aliphatic carbocycles. The summed E-state index contributed by atoms with van der Waals surface area (Å²) in [7, 11) is 1.67. The molecular weight excluding hydrogens is 494 g/mol. The van der Waals surface area contributed by atoms with Crippen molar-refractivity contribution < 1.29 is 14.6 Å². The first-order valence-electron chi connectivity index (χ1n) is 11.8. The minimum absolute atomic E-state index is 0.118. The Kier molecular flexibility index (Phi) is 8.23. The molecule has 0 fully saturated rings. The zero-order chi connectivity index (χ0) is 25.7. The second-order valence-electron chi connectivity index (χ2n) is 8.55. The van der Waals surface area contributed by atoms with E-state index in [1.165, 1.54) is 5.56 Å². The summed E-state index contributed by atoms with van der Waals surface area (Å²) in [5, 5.41) is 15.7. The summed E-state index contributed by atoms with van der Waals surface area (Å²) in [6.45, 7) is 5.54. The van der Waals surface area contributed by atoms with Crippen LogP contribution in [0.1, 0.15) is 23.6 Å². The lowest BCUT2D eigenvalue weighted by atomic mass is 10.1. The molecule has 0 spiro atoms.